The van der Waals surface area contributed by atoms with Crippen molar-refractivity contribution in [2.24, 2.45) is 5.92 Å². The number of phenolic OH excluding ortho intramolecular Hbond substituents is 1. The summed E-state index contributed by atoms with van der Waals surface area (Å²) in [5.41, 5.74) is 3.09. The van der Waals surface area contributed by atoms with Crippen LogP contribution < -0.4 is 16.3 Å². The van der Waals surface area contributed by atoms with Gasteiger partial charge in [0.25, 0.3) is 0 Å². The van der Waals surface area contributed by atoms with Crippen molar-refractivity contribution >= 4 is 28.3 Å². The van der Waals surface area contributed by atoms with Crippen LogP contribution in [0.1, 0.15) is 31.9 Å². The average molecular weight is 380 g/mol. The molecule has 0 atom stereocenters. The second-order valence-electron chi connectivity index (χ2n) is 7.00. The first-order valence-corrected chi connectivity index (χ1v) is 9.30. The molecule has 0 aliphatic rings. The van der Waals surface area contributed by atoms with Gasteiger partial charge < -0.3 is 20.2 Å². The van der Waals surface area contributed by atoms with Crippen molar-refractivity contribution in [1.29, 1.82) is 0 Å². The molecule has 2 aromatic carbocycles. The fraction of sp³-hybridized carbons (Fsp3) is 0.273. The summed E-state index contributed by atoms with van der Waals surface area (Å²) in [5.74, 6) is 0.0174. The van der Waals surface area contributed by atoms with Gasteiger partial charge >= 0.3 is 5.63 Å². The first-order valence-electron chi connectivity index (χ1n) is 9.30. The Labute approximate surface area is 163 Å². The summed E-state index contributed by atoms with van der Waals surface area (Å²) >= 11 is 0. The molecule has 0 spiro atoms. The third-order valence-corrected chi connectivity index (χ3v) is 4.57. The number of hydrogen-bond donors (Lipinski definition) is 3. The Kier molecular flexibility index (Phi) is 5.68. The van der Waals surface area contributed by atoms with E-state index in [1.165, 1.54) is 12.1 Å². The number of hydrogen-bond acceptors (Lipinski definition) is 5. The topological polar surface area (TPSA) is 91.6 Å². The fourth-order valence-corrected chi connectivity index (χ4v) is 2.89. The molecule has 3 N–H and O–H groups in total. The number of aromatic hydroxyl groups is 1. The van der Waals surface area contributed by atoms with Crippen LogP contribution in [-0.4, -0.2) is 11.0 Å². The standard InChI is InChI=1S/C22H24N2O4/c1-4-14-9-18-15(10-21(26)28-20(18)11-19(14)25)12-23-16-5-7-17(8-6-16)24-22(27)13(2)3/h5-11,13,23,25H,4,12H2,1-3H3,(H,24,27). The minimum Gasteiger partial charge on any atom is -0.508 e. The first kappa shape index (κ1) is 19.5. The Hall–Kier alpha value is -3.28. The predicted octanol–water partition coefficient (Wildman–Crippen LogP) is 4.27. The Morgan fingerprint density at radius 2 is 1.75 bits per heavy atom. The van der Waals surface area contributed by atoms with E-state index in [0.717, 1.165) is 27.9 Å². The van der Waals surface area contributed by atoms with Crippen LogP contribution in [0.2, 0.25) is 0 Å². The Morgan fingerprint density at radius 3 is 2.39 bits per heavy atom. The number of nitrogens with one attached hydrogen (secondary N) is 2. The van der Waals surface area contributed by atoms with Gasteiger partial charge in [0.2, 0.25) is 5.91 Å². The number of aryl methyl sites for hydroxylation is 1. The average Bonchev–Trinajstić information content (AvgIpc) is 2.66. The zero-order valence-electron chi connectivity index (χ0n) is 16.2. The van der Waals surface area contributed by atoms with Gasteiger partial charge in [-0.25, -0.2) is 4.79 Å². The van der Waals surface area contributed by atoms with Crippen LogP contribution in [0.25, 0.3) is 11.0 Å². The van der Waals surface area contributed by atoms with Crippen LogP contribution in [0, 0.1) is 5.92 Å². The van der Waals surface area contributed by atoms with Crippen molar-refractivity contribution in [1.82, 2.24) is 0 Å². The van der Waals surface area contributed by atoms with Crippen LogP contribution in [0.15, 0.2) is 51.7 Å². The van der Waals surface area contributed by atoms with Crippen LogP contribution >= 0.6 is 0 Å². The van der Waals surface area contributed by atoms with E-state index in [1.807, 2.05) is 51.1 Å². The maximum Gasteiger partial charge on any atom is 0.336 e. The van der Waals surface area contributed by atoms with E-state index >= 15 is 0 Å². The maximum atomic E-state index is 11.9. The van der Waals surface area contributed by atoms with E-state index in [0.29, 0.717) is 18.5 Å². The molecule has 28 heavy (non-hydrogen) atoms. The van der Waals surface area contributed by atoms with E-state index in [2.05, 4.69) is 10.6 Å². The molecular formula is C22H24N2O4. The highest BCUT2D eigenvalue weighted by Crippen LogP contribution is 2.27. The molecule has 1 heterocycles. The lowest BCUT2D eigenvalue weighted by atomic mass is 10.0. The second-order valence-corrected chi connectivity index (χ2v) is 7.00. The minimum atomic E-state index is -0.459. The summed E-state index contributed by atoms with van der Waals surface area (Å²) in [7, 11) is 0. The number of fused-ring (bicyclic) bond motifs is 1. The number of amides is 1. The lowest BCUT2D eigenvalue weighted by Gasteiger charge is -2.12. The maximum absolute atomic E-state index is 11.9. The van der Waals surface area contributed by atoms with Gasteiger partial charge in [-0.1, -0.05) is 20.8 Å². The quantitative estimate of drug-likeness (QED) is 0.556. The van der Waals surface area contributed by atoms with Gasteiger partial charge in [0.1, 0.15) is 11.3 Å². The monoisotopic (exact) mass is 380 g/mol. The molecule has 0 saturated heterocycles. The normalized spacial score (nSPS) is 11.0. The van der Waals surface area contributed by atoms with E-state index in [1.54, 1.807) is 0 Å². The van der Waals surface area contributed by atoms with Gasteiger partial charge in [-0.05, 0) is 47.9 Å². The molecule has 3 aromatic rings. The summed E-state index contributed by atoms with van der Waals surface area (Å²) in [4.78, 5) is 23.6. The molecule has 6 heteroatoms. The highest BCUT2D eigenvalue weighted by atomic mass is 16.4. The number of rotatable bonds is 6. The Bertz CT molecular complexity index is 1050. The van der Waals surface area contributed by atoms with Gasteiger partial charge in [0.05, 0.1) is 0 Å². The van der Waals surface area contributed by atoms with Gasteiger partial charge in [-0.2, -0.15) is 0 Å². The van der Waals surface area contributed by atoms with Crippen LogP contribution in [0.5, 0.6) is 5.75 Å². The molecule has 0 unspecified atom stereocenters. The minimum absolute atomic E-state index is 0.0295. The fourth-order valence-electron chi connectivity index (χ4n) is 2.89. The number of carbonyl (C=O) groups is 1. The molecule has 1 amide bonds. The molecule has 0 aliphatic carbocycles. The van der Waals surface area contributed by atoms with Crippen LogP contribution in [0.3, 0.4) is 0 Å². The molecule has 1 aromatic heterocycles. The zero-order valence-corrected chi connectivity index (χ0v) is 16.2. The molecule has 6 nitrogen and oxygen atoms in total. The van der Waals surface area contributed by atoms with Crippen LogP contribution in [-0.2, 0) is 17.8 Å². The number of phenols is 1. The molecule has 0 aliphatic heterocycles. The highest BCUT2D eigenvalue weighted by molar-refractivity contribution is 5.92. The highest BCUT2D eigenvalue weighted by Gasteiger charge is 2.10. The SMILES string of the molecule is CCc1cc2c(CNc3ccc(NC(=O)C(C)C)cc3)cc(=O)oc2cc1O. The molecule has 146 valence electrons. The van der Waals surface area contributed by atoms with Crippen molar-refractivity contribution < 1.29 is 14.3 Å². The zero-order chi connectivity index (χ0) is 20.3. The predicted molar refractivity (Wildman–Crippen MR) is 111 cm³/mol. The van der Waals surface area contributed by atoms with Crippen LogP contribution in [0.4, 0.5) is 11.4 Å². The van der Waals surface area contributed by atoms with E-state index in [9.17, 15) is 14.7 Å². The van der Waals surface area contributed by atoms with Gasteiger partial charge in [0.15, 0.2) is 0 Å². The van der Waals surface area contributed by atoms with Gasteiger partial charge in [-0.3, -0.25) is 4.79 Å². The Morgan fingerprint density at radius 1 is 1.07 bits per heavy atom. The third kappa shape index (κ3) is 4.34. The third-order valence-electron chi connectivity index (χ3n) is 4.57. The largest absolute Gasteiger partial charge is 0.508 e. The first-order chi connectivity index (χ1) is 13.4. The van der Waals surface area contributed by atoms with E-state index < -0.39 is 5.63 Å². The molecule has 0 radical (unpaired) electrons. The smallest absolute Gasteiger partial charge is 0.336 e. The summed E-state index contributed by atoms with van der Waals surface area (Å²) in [6.45, 7) is 6.07. The molecule has 0 bridgehead atoms. The number of anilines is 2. The number of benzene rings is 2. The van der Waals surface area contributed by atoms with Crippen molar-refractivity contribution in [3.05, 3.63) is 64.0 Å². The molecule has 3 rings (SSSR count). The molecule has 0 fully saturated rings. The summed E-state index contributed by atoms with van der Waals surface area (Å²) in [6, 6.07) is 12.2. The van der Waals surface area contributed by atoms with Gasteiger partial charge in [-0.15, -0.1) is 0 Å². The summed E-state index contributed by atoms with van der Waals surface area (Å²) in [5, 5.41) is 16.9. The molecular weight excluding hydrogens is 356 g/mol. The van der Waals surface area contributed by atoms with Crippen molar-refractivity contribution in [2.45, 2.75) is 33.7 Å². The van der Waals surface area contributed by atoms with Crippen molar-refractivity contribution in [3.8, 4) is 5.75 Å². The van der Waals surface area contributed by atoms with Gasteiger partial charge in [0, 0.05) is 41.4 Å². The van der Waals surface area contributed by atoms with E-state index in [4.69, 9.17) is 4.42 Å². The lowest BCUT2D eigenvalue weighted by molar-refractivity contribution is -0.118. The summed E-state index contributed by atoms with van der Waals surface area (Å²) < 4.78 is 5.22. The lowest BCUT2D eigenvalue weighted by Crippen LogP contribution is -2.17. The second kappa shape index (κ2) is 8.17. The van der Waals surface area contributed by atoms with Crippen molar-refractivity contribution in [2.75, 3.05) is 10.6 Å². The molecule has 0 saturated carbocycles. The Balaban J connectivity index is 1.80. The van der Waals surface area contributed by atoms with Crippen molar-refractivity contribution in [3.63, 3.8) is 0 Å². The number of carbonyl (C=O) groups excluding carboxylic acids is 1. The summed E-state index contributed by atoms with van der Waals surface area (Å²) in [6.07, 6.45) is 0.678. The van der Waals surface area contributed by atoms with E-state index in [-0.39, 0.29) is 17.6 Å².